The van der Waals surface area contributed by atoms with Crippen molar-refractivity contribution >= 4 is 37.7 Å². The molecule has 0 aliphatic carbocycles. The molecule has 0 fully saturated rings. The van der Waals surface area contributed by atoms with Crippen molar-refractivity contribution < 1.29 is 114 Å². The second-order valence-corrected chi connectivity index (χ2v) is 0. The second-order valence-electron chi connectivity index (χ2n) is 0. The molecule has 5 nitrogen and oxygen atoms in total. The van der Waals surface area contributed by atoms with Crippen LogP contribution in [0.1, 0.15) is 0 Å². The van der Waals surface area contributed by atoms with E-state index in [1.165, 1.54) is 0 Å². The minimum Gasteiger partial charge on any atom is -2.00 e. The van der Waals surface area contributed by atoms with Crippen LogP contribution in [0.4, 0.5) is 0 Å². The number of hydrogen-bond donors (Lipinski definition) is 0. The van der Waals surface area contributed by atoms with Crippen molar-refractivity contribution in [2.24, 2.45) is 0 Å². The molecule has 0 bridgehead atoms. The monoisotopic (exact) mass is 650 g/mol. The van der Waals surface area contributed by atoms with Gasteiger partial charge in [0.15, 0.2) is 0 Å². The van der Waals surface area contributed by atoms with Crippen molar-refractivity contribution in [3.63, 3.8) is 0 Å². The molecule has 0 aliphatic heterocycles. The van der Waals surface area contributed by atoms with Gasteiger partial charge in [-0.3, -0.25) is 0 Å². The van der Waals surface area contributed by atoms with Gasteiger partial charge in [0.25, 0.3) is 0 Å². The fourth-order valence-corrected chi connectivity index (χ4v) is 0. The predicted molar refractivity (Wildman–Crippen MR) is 17.7 cm³/mol. The zero-order chi connectivity index (χ0) is 0. The molecule has 0 radical (unpaired) electrons. The van der Waals surface area contributed by atoms with Crippen LogP contribution >= 0.6 is 0 Å². The van der Waals surface area contributed by atoms with Gasteiger partial charge in [0.1, 0.15) is 0 Å². The second kappa shape index (κ2) is 154. The van der Waals surface area contributed by atoms with Crippen LogP contribution in [0.5, 0.6) is 0 Å². The average Bonchev–Trinajstić information content (AvgIpc) is 0. The van der Waals surface area contributed by atoms with Gasteiger partial charge in [0, 0.05) is 42.1 Å². The summed E-state index contributed by atoms with van der Waals surface area (Å²) < 4.78 is 0. The van der Waals surface area contributed by atoms with Gasteiger partial charge in [-0.15, -0.1) is 0 Å². The summed E-state index contributed by atoms with van der Waals surface area (Å²) in [7, 11) is 0. The molecule has 0 unspecified atom stereocenters. The van der Waals surface area contributed by atoms with Gasteiger partial charge in [0.05, 0.1) is 0 Å². The maximum atomic E-state index is 0. The molecular formula is H2Li2Nb2O5W2. The van der Waals surface area contributed by atoms with Gasteiger partial charge >= 0.3 is 82.5 Å². The summed E-state index contributed by atoms with van der Waals surface area (Å²) in [4.78, 5) is 0. The molecule has 0 N–H and O–H groups in total. The minimum absolute atomic E-state index is 0. The SMILES string of the molecule is [LiH].[LiH].[Nb+5].[Nb+5].[O-2].[O-2].[O-2].[O-2].[O-2].[W].[W]. The first kappa shape index (κ1) is 192. The molecule has 56 valence electrons. The first-order chi connectivity index (χ1) is 0. The molecule has 0 atom stereocenters. The Hall–Kier alpha value is 3.85. The maximum Gasteiger partial charge on any atom is 5.00 e. The third kappa shape index (κ3) is 131. The van der Waals surface area contributed by atoms with E-state index in [9.17, 15) is 0 Å². The third-order valence-corrected chi connectivity index (χ3v) is 0. The summed E-state index contributed by atoms with van der Waals surface area (Å²) in [5, 5.41) is 0. The maximum absolute atomic E-state index is 0. The number of hydrogen-bond acceptors (Lipinski definition) is 0. The summed E-state index contributed by atoms with van der Waals surface area (Å²) >= 11 is 0. The Morgan fingerprint density at radius 2 is 0.364 bits per heavy atom. The van der Waals surface area contributed by atoms with E-state index in [0.29, 0.717) is 0 Å². The van der Waals surface area contributed by atoms with Gasteiger partial charge in [-0.25, -0.2) is 0 Å². The van der Waals surface area contributed by atoms with Crippen LogP contribution in [0, 0.1) is 0 Å². The molecule has 11 heteroatoms. The van der Waals surface area contributed by atoms with Crippen molar-refractivity contribution in [2.45, 2.75) is 0 Å². The summed E-state index contributed by atoms with van der Waals surface area (Å²) in [6.45, 7) is 0. The van der Waals surface area contributed by atoms with E-state index in [0.717, 1.165) is 0 Å². The largest absolute Gasteiger partial charge is 5.00 e. The predicted octanol–water partition coefficient (Wildman–Crippen LogP) is -1.90. The van der Waals surface area contributed by atoms with Crippen LogP contribution in [-0.2, 0) is 114 Å². The van der Waals surface area contributed by atoms with Crippen molar-refractivity contribution in [2.75, 3.05) is 0 Å². The van der Waals surface area contributed by atoms with Crippen LogP contribution in [0.15, 0.2) is 0 Å². The first-order valence-electron chi connectivity index (χ1n) is 0. The molecule has 0 spiro atoms. The van der Waals surface area contributed by atoms with Crippen LogP contribution in [0.3, 0.4) is 0 Å². The Morgan fingerprint density at radius 3 is 0.364 bits per heavy atom. The molecule has 0 saturated carbocycles. The standard InChI is InChI=1S/2Li.2Nb.5O.2W.2H/q;;2*+5;5*-2;;;;. The summed E-state index contributed by atoms with van der Waals surface area (Å²) in [5.41, 5.74) is 0. The van der Waals surface area contributed by atoms with Crippen molar-refractivity contribution in [3.8, 4) is 0 Å². The average molecular weight is 649 g/mol. The van der Waals surface area contributed by atoms with E-state index in [4.69, 9.17) is 0 Å². The van der Waals surface area contributed by atoms with Gasteiger partial charge in [0.2, 0.25) is 0 Å². The summed E-state index contributed by atoms with van der Waals surface area (Å²) in [5.74, 6) is 0. The van der Waals surface area contributed by atoms with Crippen LogP contribution < -0.4 is 0 Å². The van der Waals surface area contributed by atoms with Crippen LogP contribution in [0.2, 0.25) is 0 Å². The van der Waals surface area contributed by atoms with E-state index in [-0.39, 0.29) is 152 Å². The number of rotatable bonds is 0. The van der Waals surface area contributed by atoms with E-state index in [1.54, 1.807) is 0 Å². The Bertz CT molecular complexity index is 20.4. The van der Waals surface area contributed by atoms with Gasteiger partial charge < -0.3 is 27.4 Å². The molecule has 0 aromatic heterocycles. The van der Waals surface area contributed by atoms with Crippen molar-refractivity contribution in [3.05, 3.63) is 0 Å². The van der Waals surface area contributed by atoms with E-state index in [2.05, 4.69) is 0 Å². The van der Waals surface area contributed by atoms with Crippen LogP contribution in [-0.4, -0.2) is 37.7 Å². The molecule has 0 saturated heterocycles. The molecule has 0 aromatic rings. The molecule has 0 rings (SSSR count). The quantitative estimate of drug-likeness (QED) is 0.271. The Balaban J connectivity index is 0. The fourth-order valence-electron chi connectivity index (χ4n) is 0. The van der Waals surface area contributed by atoms with Crippen molar-refractivity contribution in [1.29, 1.82) is 0 Å². The topological polar surface area (TPSA) is 142 Å². The van der Waals surface area contributed by atoms with Gasteiger partial charge in [-0.2, -0.15) is 0 Å². The smallest absolute Gasteiger partial charge is 2.00 e. The Morgan fingerprint density at radius 1 is 0.364 bits per heavy atom. The van der Waals surface area contributed by atoms with Gasteiger partial charge in [-0.1, -0.05) is 0 Å². The van der Waals surface area contributed by atoms with Crippen LogP contribution in [0.25, 0.3) is 0 Å². The summed E-state index contributed by atoms with van der Waals surface area (Å²) in [6, 6.07) is 0. The normalized spacial score (nSPS) is 0. The molecule has 0 aliphatic rings. The van der Waals surface area contributed by atoms with Crippen molar-refractivity contribution in [1.82, 2.24) is 0 Å². The minimum atomic E-state index is 0. The summed E-state index contributed by atoms with van der Waals surface area (Å²) in [6.07, 6.45) is 0. The third-order valence-electron chi connectivity index (χ3n) is 0. The molecule has 11 heavy (non-hydrogen) atoms. The molecule has 0 aromatic carbocycles. The molecule has 0 amide bonds. The molecular weight excluding hydrogens is 647 g/mol. The first-order valence-corrected chi connectivity index (χ1v) is 0. The molecule has 0 heterocycles. The van der Waals surface area contributed by atoms with E-state index < -0.39 is 0 Å². The van der Waals surface area contributed by atoms with E-state index >= 15 is 0 Å². The fraction of sp³-hybridized carbons (Fsp3) is 0. The van der Waals surface area contributed by atoms with E-state index in [1.807, 2.05) is 0 Å². The Labute approximate surface area is 149 Å². The Kier molecular flexibility index (Phi) is 2690. The zero-order valence-electron chi connectivity index (χ0n) is 3.75. The van der Waals surface area contributed by atoms with Gasteiger partial charge in [-0.05, 0) is 0 Å². The zero-order valence-corrected chi connectivity index (χ0v) is 14.0.